The average Bonchev–Trinajstić information content (AvgIpc) is 3.01. The van der Waals surface area contributed by atoms with E-state index in [1.54, 1.807) is 24.6 Å². The van der Waals surface area contributed by atoms with Crippen LogP contribution in [0.4, 0.5) is 0 Å². The van der Waals surface area contributed by atoms with Crippen molar-refractivity contribution in [3.63, 3.8) is 0 Å². The minimum absolute atomic E-state index is 0.0818. The van der Waals surface area contributed by atoms with Crippen LogP contribution in [0.3, 0.4) is 0 Å². The highest BCUT2D eigenvalue weighted by atomic mass is 32.2. The molecule has 1 atom stereocenters. The standard InChI is InChI=1S/C15H19N3O2S/c1-18(2)12(13-7-5-9-20-13)10-17-14(19)11-6-4-8-16-15(11)21-3/h4-9,12H,10H2,1-3H3,(H,17,19)/p+1/t12-/m1/s1. The van der Waals surface area contributed by atoms with Crippen LogP contribution in [0.5, 0.6) is 0 Å². The fraction of sp³-hybridized carbons (Fsp3) is 0.333. The smallest absolute Gasteiger partial charge is 0.254 e. The van der Waals surface area contributed by atoms with E-state index < -0.39 is 0 Å². The van der Waals surface area contributed by atoms with Crippen molar-refractivity contribution < 1.29 is 14.1 Å². The Labute approximate surface area is 128 Å². The van der Waals surface area contributed by atoms with E-state index in [1.807, 2.05) is 32.5 Å². The van der Waals surface area contributed by atoms with Crippen LogP contribution in [0, 0.1) is 0 Å². The predicted molar refractivity (Wildman–Crippen MR) is 82.6 cm³/mol. The highest BCUT2D eigenvalue weighted by Gasteiger charge is 2.22. The van der Waals surface area contributed by atoms with Crippen molar-refractivity contribution >= 4 is 17.7 Å². The first-order valence-electron chi connectivity index (χ1n) is 6.74. The van der Waals surface area contributed by atoms with Crippen molar-refractivity contribution in [2.75, 3.05) is 26.9 Å². The summed E-state index contributed by atoms with van der Waals surface area (Å²) in [6.45, 7) is 0.511. The molecular weight excluding hydrogens is 286 g/mol. The molecule has 0 aliphatic carbocycles. The van der Waals surface area contributed by atoms with Gasteiger partial charge in [-0.3, -0.25) is 4.79 Å². The third kappa shape index (κ3) is 3.86. The molecule has 2 aromatic rings. The van der Waals surface area contributed by atoms with Crippen LogP contribution < -0.4 is 10.2 Å². The number of pyridine rings is 1. The lowest BCUT2D eigenvalue weighted by molar-refractivity contribution is -0.891. The van der Waals surface area contributed by atoms with Crippen LogP contribution >= 0.6 is 11.8 Å². The molecule has 0 aliphatic rings. The van der Waals surface area contributed by atoms with Gasteiger partial charge in [-0.25, -0.2) is 4.98 Å². The summed E-state index contributed by atoms with van der Waals surface area (Å²) in [5.41, 5.74) is 0.608. The van der Waals surface area contributed by atoms with Gasteiger partial charge in [0.1, 0.15) is 5.03 Å². The number of aromatic nitrogens is 1. The first-order chi connectivity index (χ1) is 10.1. The van der Waals surface area contributed by atoms with E-state index in [-0.39, 0.29) is 11.9 Å². The summed E-state index contributed by atoms with van der Waals surface area (Å²) in [6, 6.07) is 7.44. The quantitative estimate of drug-likeness (QED) is 0.782. The van der Waals surface area contributed by atoms with Crippen LogP contribution in [-0.2, 0) is 0 Å². The van der Waals surface area contributed by atoms with Gasteiger partial charge in [-0.1, -0.05) is 0 Å². The van der Waals surface area contributed by atoms with E-state index in [0.29, 0.717) is 12.1 Å². The molecule has 0 aliphatic heterocycles. The minimum Gasteiger partial charge on any atom is -0.463 e. The van der Waals surface area contributed by atoms with E-state index in [1.165, 1.54) is 16.7 Å². The summed E-state index contributed by atoms with van der Waals surface area (Å²) in [7, 11) is 4.08. The molecule has 0 aromatic carbocycles. The maximum Gasteiger partial charge on any atom is 0.254 e. The van der Waals surface area contributed by atoms with Gasteiger partial charge in [-0.15, -0.1) is 11.8 Å². The number of hydrogen-bond donors (Lipinski definition) is 2. The van der Waals surface area contributed by atoms with Crippen molar-refractivity contribution in [1.29, 1.82) is 0 Å². The maximum atomic E-state index is 12.3. The fourth-order valence-corrected chi connectivity index (χ4v) is 2.64. The number of nitrogens with one attached hydrogen (secondary N) is 2. The molecule has 112 valence electrons. The number of thioether (sulfide) groups is 1. The Balaban J connectivity index is 2.06. The number of furan rings is 1. The zero-order valence-electron chi connectivity index (χ0n) is 12.4. The Bertz CT molecular complexity index is 584. The van der Waals surface area contributed by atoms with Gasteiger partial charge < -0.3 is 14.6 Å². The molecule has 1 amide bonds. The maximum absolute atomic E-state index is 12.3. The third-order valence-electron chi connectivity index (χ3n) is 3.26. The largest absolute Gasteiger partial charge is 0.463 e. The Morgan fingerprint density at radius 3 is 2.86 bits per heavy atom. The number of carbonyl (C=O) groups excluding carboxylic acids is 1. The minimum atomic E-state index is -0.106. The average molecular weight is 306 g/mol. The van der Waals surface area contributed by atoms with E-state index in [0.717, 1.165) is 10.8 Å². The zero-order chi connectivity index (χ0) is 15.2. The van der Waals surface area contributed by atoms with Gasteiger partial charge >= 0.3 is 0 Å². The third-order valence-corrected chi connectivity index (χ3v) is 3.97. The molecule has 0 unspecified atom stereocenters. The first-order valence-corrected chi connectivity index (χ1v) is 7.96. The van der Waals surface area contributed by atoms with Gasteiger partial charge in [0.25, 0.3) is 5.91 Å². The summed E-state index contributed by atoms with van der Waals surface area (Å²) in [5, 5.41) is 3.71. The SMILES string of the molecule is CSc1ncccc1C(=O)NC[C@H](c1ccco1)[NH+](C)C. The normalized spacial score (nSPS) is 12.4. The number of rotatable bonds is 6. The molecule has 0 saturated heterocycles. The number of amides is 1. The Morgan fingerprint density at radius 2 is 2.24 bits per heavy atom. The van der Waals surface area contributed by atoms with Gasteiger partial charge in [0.15, 0.2) is 11.8 Å². The fourth-order valence-electron chi connectivity index (χ4n) is 2.10. The monoisotopic (exact) mass is 306 g/mol. The van der Waals surface area contributed by atoms with Gasteiger partial charge in [0.2, 0.25) is 0 Å². The molecule has 0 radical (unpaired) electrons. The zero-order valence-corrected chi connectivity index (χ0v) is 13.2. The second-order valence-electron chi connectivity index (χ2n) is 4.92. The molecule has 0 fully saturated rings. The number of quaternary nitrogens is 1. The molecule has 0 bridgehead atoms. The van der Waals surface area contributed by atoms with Crippen LogP contribution in [0.2, 0.25) is 0 Å². The Kier molecular flexibility index (Phi) is 5.41. The van der Waals surface area contributed by atoms with E-state index in [4.69, 9.17) is 4.42 Å². The second kappa shape index (κ2) is 7.28. The second-order valence-corrected chi connectivity index (χ2v) is 5.71. The van der Waals surface area contributed by atoms with Crippen molar-refractivity contribution in [3.8, 4) is 0 Å². The molecular formula is C15H20N3O2S+. The molecule has 21 heavy (non-hydrogen) atoms. The summed E-state index contributed by atoms with van der Waals surface area (Å²) in [5.74, 6) is 0.761. The van der Waals surface area contributed by atoms with Crippen molar-refractivity contribution in [2.45, 2.75) is 11.1 Å². The highest BCUT2D eigenvalue weighted by molar-refractivity contribution is 7.98. The molecule has 0 spiro atoms. The van der Waals surface area contributed by atoms with Crippen molar-refractivity contribution in [1.82, 2.24) is 10.3 Å². The summed E-state index contributed by atoms with van der Waals surface area (Å²) >= 11 is 1.47. The lowest BCUT2D eigenvalue weighted by Gasteiger charge is -2.20. The number of carbonyl (C=O) groups is 1. The molecule has 6 heteroatoms. The number of hydrogen-bond acceptors (Lipinski definition) is 4. The Morgan fingerprint density at radius 1 is 1.43 bits per heavy atom. The van der Waals surface area contributed by atoms with Crippen molar-refractivity contribution in [3.05, 3.63) is 48.0 Å². The molecule has 5 nitrogen and oxygen atoms in total. The topological polar surface area (TPSA) is 59.6 Å². The van der Waals surface area contributed by atoms with Crippen molar-refractivity contribution in [2.24, 2.45) is 0 Å². The van der Waals surface area contributed by atoms with Gasteiger partial charge in [0, 0.05) is 6.20 Å². The molecule has 0 saturated carbocycles. The van der Waals surface area contributed by atoms with Crippen LogP contribution in [-0.4, -0.2) is 37.8 Å². The predicted octanol–water partition coefficient (Wildman–Crippen LogP) is 1.01. The lowest BCUT2D eigenvalue weighted by Crippen LogP contribution is -3.07. The number of likely N-dealkylation sites (N-methyl/N-ethyl adjacent to an activating group) is 1. The van der Waals surface area contributed by atoms with E-state index in [9.17, 15) is 4.79 Å². The number of nitrogens with zero attached hydrogens (tertiary/aromatic N) is 1. The highest BCUT2D eigenvalue weighted by Crippen LogP contribution is 2.17. The Hall–Kier alpha value is -1.79. The molecule has 2 rings (SSSR count). The van der Waals surface area contributed by atoms with Gasteiger partial charge in [0.05, 0.1) is 32.5 Å². The van der Waals surface area contributed by atoms with E-state index in [2.05, 4.69) is 10.3 Å². The van der Waals surface area contributed by atoms with Gasteiger partial charge in [-0.05, 0) is 30.5 Å². The molecule has 2 aromatic heterocycles. The molecule has 2 heterocycles. The van der Waals surface area contributed by atoms with Crippen LogP contribution in [0.1, 0.15) is 22.2 Å². The van der Waals surface area contributed by atoms with Crippen LogP contribution in [0.15, 0.2) is 46.2 Å². The summed E-state index contributed by atoms with van der Waals surface area (Å²) in [4.78, 5) is 17.7. The first kappa shape index (κ1) is 15.6. The van der Waals surface area contributed by atoms with Crippen LogP contribution in [0.25, 0.3) is 0 Å². The molecule has 2 N–H and O–H groups in total. The van der Waals surface area contributed by atoms with E-state index >= 15 is 0 Å². The summed E-state index contributed by atoms with van der Waals surface area (Å²) in [6.07, 6.45) is 5.26. The van der Waals surface area contributed by atoms with Gasteiger partial charge in [-0.2, -0.15) is 0 Å². The lowest BCUT2D eigenvalue weighted by atomic mass is 10.2. The summed E-state index contributed by atoms with van der Waals surface area (Å²) < 4.78 is 5.45.